The lowest BCUT2D eigenvalue weighted by Gasteiger charge is -2.07. The fraction of sp³-hybridized carbons (Fsp3) is 0.200. The highest BCUT2D eigenvalue weighted by atomic mass is 16.5. The fourth-order valence-corrected chi connectivity index (χ4v) is 1.66. The van der Waals surface area contributed by atoms with Gasteiger partial charge in [0.1, 0.15) is 11.4 Å². The number of nitrogens with one attached hydrogen (secondary N) is 1. The molecule has 2 rings (SSSR count). The first-order valence-corrected chi connectivity index (χ1v) is 6.16. The van der Waals surface area contributed by atoms with E-state index >= 15 is 0 Å². The van der Waals surface area contributed by atoms with Crippen LogP contribution in [0.2, 0.25) is 0 Å². The summed E-state index contributed by atoms with van der Waals surface area (Å²) in [6.45, 7) is 4.48. The minimum Gasteiger partial charge on any atom is -0.494 e. The standard InChI is InChI=1S/C15H16N2O2/c1-3-19-13-6-4-12(5-7-13)17-15(18)14-10-11(2)8-9-16-14/h4-10H,3H2,1-2H3,(H,17,18). The van der Waals surface area contributed by atoms with Crippen LogP contribution in [0.4, 0.5) is 5.69 Å². The van der Waals surface area contributed by atoms with Gasteiger partial charge in [-0.25, -0.2) is 0 Å². The molecule has 98 valence electrons. The lowest BCUT2D eigenvalue weighted by Crippen LogP contribution is -2.13. The number of amides is 1. The Bertz CT molecular complexity index is 565. The first-order chi connectivity index (χ1) is 9.19. The van der Waals surface area contributed by atoms with Crippen molar-refractivity contribution in [1.29, 1.82) is 0 Å². The van der Waals surface area contributed by atoms with Gasteiger partial charge in [0.25, 0.3) is 5.91 Å². The highest BCUT2D eigenvalue weighted by Crippen LogP contribution is 2.16. The molecule has 0 atom stereocenters. The highest BCUT2D eigenvalue weighted by molar-refractivity contribution is 6.02. The Morgan fingerprint density at radius 3 is 2.63 bits per heavy atom. The number of hydrogen-bond acceptors (Lipinski definition) is 3. The second-order valence-corrected chi connectivity index (χ2v) is 4.13. The maximum absolute atomic E-state index is 12.0. The number of anilines is 1. The van der Waals surface area contributed by atoms with Gasteiger partial charge in [-0.1, -0.05) is 0 Å². The van der Waals surface area contributed by atoms with Crippen LogP contribution in [-0.4, -0.2) is 17.5 Å². The molecule has 2 aromatic rings. The zero-order valence-corrected chi connectivity index (χ0v) is 11.0. The lowest BCUT2D eigenvalue weighted by molar-refractivity contribution is 0.102. The molecule has 1 amide bonds. The molecule has 0 saturated heterocycles. The molecule has 19 heavy (non-hydrogen) atoms. The second kappa shape index (κ2) is 6.00. The monoisotopic (exact) mass is 256 g/mol. The predicted octanol–water partition coefficient (Wildman–Crippen LogP) is 3.04. The Kier molecular flexibility index (Phi) is 4.13. The van der Waals surface area contributed by atoms with Crippen molar-refractivity contribution in [2.75, 3.05) is 11.9 Å². The smallest absolute Gasteiger partial charge is 0.274 e. The molecule has 0 aliphatic rings. The molecule has 1 aromatic carbocycles. The van der Waals surface area contributed by atoms with Gasteiger partial charge in [0.2, 0.25) is 0 Å². The van der Waals surface area contributed by atoms with E-state index in [2.05, 4.69) is 10.3 Å². The van der Waals surface area contributed by atoms with Crippen molar-refractivity contribution >= 4 is 11.6 Å². The third-order valence-electron chi connectivity index (χ3n) is 2.57. The first kappa shape index (κ1) is 13.1. The Hall–Kier alpha value is -2.36. The molecule has 4 heteroatoms. The van der Waals surface area contributed by atoms with Crippen LogP contribution >= 0.6 is 0 Å². The Labute approximate surface area is 112 Å². The molecule has 1 heterocycles. The Morgan fingerprint density at radius 1 is 1.26 bits per heavy atom. The van der Waals surface area contributed by atoms with Crippen LogP contribution in [-0.2, 0) is 0 Å². The van der Waals surface area contributed by atoms with Crippen molar-refractivity contribution in [1.82, 2.24) is 4.98 Å². The van der Waals surface area contributed by atoms with Gasteiger partial charge in [-0.05, 0) is 55.8 Å². The molecule has 0 unspecified atom stereocenters. The predicted molar refractivity (Wildman–Crippen MR) is 74.5 cm³/mol. The summed E-state index contributed by atoms with van der Waals surface area (Å²) in [4.78, 5) is 16.0. The number of benzene rings is 1. The number of nitrogens with zero attached hydrogens (tertiary/aromatic N) is 1. The van der Waals surface area contributed by atoms with E-state index < -0.39 is 0 Å². The molecule has 0 aliphatic carbocycles. The molecular weight excluding hydrogens is 240 g/mol. The van der Waals surface area contributed by atoms with E-state index in [0.29, 0.717) is 12.3 Å². The molecule has 0 aliphatic heterocycles. The van der Waals surface area contributed by atoms with Crippen LogP contribution < -0.4 is 10.1 Å². The van der Waals surface area contributed by atoms with Gasteiger partial charge < -0.3 is 10.1 Å². The topological polar surface area (TPSA) is 51.2 Å². The summed E-state index contributed by atoms with van der Waals surface area (Å²) in [5, 5.41) is 2.80. The molecule has 0 spiro atoms. The van der Waals surface area contributed by atoms with E-state index in [1.807, 2.05) is 32.0 Å². The fourth-order valence-electron chi connectivity index (χ4n) is 1.66. The maximum Gasteiger partial charge on any atom is 0.274 e. The van der Waals surface area contributed by atoms with Crippen LogP contribution in [0.3, 0.4) is 0 Å². The van der Waals surface area contributed by atoms with Gasteiger partial charge in [0.15, 0.2) is 0 Å². The van der Waals surface area contributed by atoms with Crippen molar-refractivity contribution in [2.24, 2.45) is 0 Å². The van der Waals surface area contributed by atoms with Gasteiger partial charge in [-0.3, -0.25) is 9.78 Å². The van der Waals surface area contributed by atoms with Crippen LogP contribution in [0.15, 0.2) is 42.6 Å². The molecule has 0 bridgehead atoms. The van der Waals surface area contributed by atoms with Crippen LogP contribution in [0.1, 0.15) is 23.0 Å². The van der Waals surface area contributed by atoms with Crippen LogP contribution in [0.25, 0.3) is 0 Å². The quantitative estimate of drug-likeness (QED) is 0.914. The van der Waals surface area contributed by atoms with E-state index in [1.54, 1.807) is 24.4 Å². The number of aryl methyl sites for hydroxylation is 1. The molecule has 0 saturated carbocycles. The average molecular weight is 256 g/mol. The van der Waals surface area contributed by atoms with Crippen molar-refractivity contribution in [2.45, 2.75) is 13.8 Å². The zero-order valence-electron chi connectivity index (χ0n) is 11.0. The van der Waals surface area contributed by atoms with Crippen molar-refractivity contribution in [3.63, 3.8) is 0 Å². The Morgan fingerprint density at radius 2 is 2.00 bits per heavy atom. The van der Waals surface area contributed by atoms with Crippen LogP contribution in [0, 0.1) is 6.92 Å². The molecule has 1 aromatic heterocycles. The van der Waals surface area contributed by atoms with Gasteiger partial charge in [0, 0.05) is 11.9 Å². The van der Waals surface area contributed by atoms with E-state index in [-0.39, 0.29) is 5.91 Å². The highest BCUT2D eigenvalue weighted by Gasteiger charge is 2.07. The normalized spacial score (nSPS) is 10.0. The molecule has 0 radical (unpaired) electrons. The minimum absolute atomic E-state index is 0.215. The van der Waals surface area contributed by atoms with Gasteiger partial charge >= 0.3 is 0 Å². The molecule has 0 fully saturated rings. The molecular formula is C15H16N2O2. The number of hydrogen-bond donors (Lipinski definition) is 1. The van der Waals surface area contributed by atoms with E-state index in [9.17, 15) is 4.79 Å². The minimum atomic E-state index is -0.215. The molecule has 4 nitrogen and oxygen atoms in total. The summed E-state index contributed by atoms with van der Waals surface area (Å²) in [6.07, 6.45) is 1.63. The number of rotatable bonds is 4. The largest absolute Gasteiger partial charge is 0.494 e. The van der Waals surface area contributed by atoms with Crippen LogP contribution in [0.5, 0.6) is 5.75 Å². The van der Waals surface area contributed by atoms with Gasteiger partial charge in [0.05, 0.1) is 6.61 Å². The number of aromatic nitrogens is 1. The first-order valence-electron chi connectivity index (χ1n) is 6.16. The summed E-state index contributed by atoms with van der Waals surface area (Å²) in [5.41, 5.74) is 2.14. The van der Waals surface area contributed by atoms with Gasteiger partial charge in [-0.15, -0.1) is 0 Å². The number of carbonyl (C=O) groups excluding carboxylic acids is 1. The number of pyridine rings is 1. The summed E-state index contributed by atoms with van der Waals surface area (Å²) >= 11 is 0. The third kappa shape index (κ3) is 3.55. The summed E-state index contributed by atoms with van der Waals surface area (Å²) in [7, 11) is 0. The van der Waals surface area contributed by atoms with E-state index in [4.69, 9.17) is 4.74 Å². The Balaban J connectivity index is 2.06. The van der Waals surface area contributed by atoms with Crippen molar-refractivity contribution in [3.8, 4) is 5.75 Å². The average Bonchev–Trinajstić information content (AvgIpc) is 2.41. The number of carbonyl (C=O) groups is 1. The van der Waals surface area contributed by atoms with Crippen molar-refractivity contribution < 1.29 is 9.53 Å². The summed E-state index contributed by atoms with van der Waals surface area (Å²) in [6, 6.07) is 10.9. The van der Waals surface area contributed by atoms with E-state index in [1.165, 1.54) is 0 Å². The van der Waals surface area contributed by atoms with Gasteiger partial charge in [-0.2, -0.15) is 0 Å². The number of ether oxygens (including phenoxy) is 1. The third-order valence-corrected chi connectivity index (χ3v) is 2.57. The zero-order chi connectivity index (χ0) is 13.7. The second-order valence-electron chi connectivity index (χ2n) is 4.13. The summed E-state index contributed by atoms with van der Waals surface area (Å²) in [5.74, 6) is 0.571. The maximum atomic E-state index is 12.0. The van der Waals surface area contributed by atoms with Crippen molar-refractivity contribution in [3.05, 3.63) is 53.9 Å². The summed E-state index contributed by atoms with van der Waals surface area (Å²) < 4.78 is 5.34. The molecule has 1 N–H and O–H groups in total. The SMILES string of the molecule is CCOc1ccc(NC(=O)c2cc(C)ccn2)cc1. The van der Waals surface area contributed by atoms with E-state index in [0.717, 1.165) is 17.0 Å². The lowest BCUT2D eigenvalue weighted by atomic mass is 10.2.